The van der Waals surface area contributed by atoms with Gasteiger partial charge in [-0.3, -0.25) is 4.79 Å². The number of anilines is 2. The monoisotopic (exact) mass is 269 g/mol. The highest BCUT2D eigenvalue weighted by Crippen LogP contribution is 2.33. The molecule has 2 rings (SSSR count). The molecule has 1 aromatic rings. The zero-order valence-electron chi connectivity index (χ0n) is 10.7. The van der Waals surface area contributed by atoms with E-state index in [1.165, 1.54) is 11.3 Å². The van der Waals surface area contributed by atoms with Gasteiger partial charge in [0.2, 0.25) is 0 Å². The molecule has 2 heterocycles. The molecule has 1 atom stereocenters. The second kappa shape index (κ2) is 5.58. The molecular weight excluding hydrogens is 250 g/mol. The quantitative estimate of drug-likeness (QED) is 0.868. The molecule has 1 aliphatic rings. The minimum atomic E-state index is -0.0902. The Balaban J connectivity index is 2.15. The van der Waals surface area contributed by atoms with E-state index in [9.17, 15) is 4.79 Å². The average molecular weight is 269 g/mol. The Morgan fingerprint density at radius 1 is 1.72 bits per heavy atom. The number of thiophene rings is 1. The summed E-state index contributed by atoms with van der Waals surface area (Å²) in [5.41, 5.74) is 6.46. The molecule has 1 unspecified atom stereocenters. The summed E-state index contributed by atoms with van der Waals surface area (Å²) in [6.45, 7) is 6.96. The molecule has 1 fully saturated rings. The normalized spacial score (nSPS) is 19.9. The molecule has 6 heteroatoms. The van der Waals surface area contributed by atoms with E-state index >= 15 is 0 Å². The van der Waals surface area contributed by atoms with Gasteiger partial charge in [0.1, 0.15) is 4.88 Å². The molecule has 18 heavy (non-hydrogen) atoms. The van der Waals surface area contributed by atoms with Crippen LogP contribution in [-0.2, 0) is 4.74 Å². The van der Waals surface area contributed by atoms with Crippen molar-refractivity contribution in [2.75, 3.05) is 36.9 Å². The highest BCUT2D eigenvalue weighted by molar-refractivity contribution is 7.18. The first-order valence-corrected chi connectivity index (χ1v) is 6.97. The van der Waals surface area contributed by atoms with Crippen LogP contribution in [0.5, 0.6) is 0 Å². The van der Waals surface area contributed by atoms with Crippen LogP contribution in [0.3, 0.4) is 0 Å². The molecule has 0 aliphatic carbocycles. The number of nitrogen functional groups attached to an aromatic ring is 1. The maximum atomic E-state index is 11.8. The first-order chi connectivity index (χ1) is 8.61. The van der Waals surface area contributed by atoms with Crippen molar-refractivity contribution in [3.05, 3.63) is 10.9 Å². The van der Waals surface area contributed by atoms with Gasteiger partial charge < -0.3 is 20.7 Å². The number of ether oxygens (including phenoxy) is 1. The van der Waals surface area contributed by atoms with E-state index in [4.69, 9.17) is 10.5 Å². The Hall–Kier alpha value is -1.27. The molecule has 1 amide bonds. The predicted octanol–water partition coefficient (Wildman–Crippen LogP) is 1.31. The molecule has 0 aromatic carbocycles. The third-order valence-electron chi connectivity index (χ3n) is 2.84. The Labute approximate surface area is 111 Å². The van der Waals surface area contributed by atoms with Crippen molar-refractivity contribution in [3.8, 4) is 0 Å². The number of nitrogens with two attached hydrogens (primary N) is 1. The SMILES string of the molecule is CCNC(=O)c1sc(N2CCOC(C)C2)cc1N. The van der Waals surface area contributed by atoms with Gasteiger partial charge in [0.15, 0.2) is 0 Å². The van der Waals surface area contributed by atoms with Gasteiger partial charge in [-0.05, 0) is 19.9 Å². The van der Waals surface area contributed by atoms with Crippen molar-refractivity contribution in [2.45, 2.75) is 20.0 Å². The van der Waals surface area contributed by atoms with Gasteiger partial charge in [0.05, 0.1) is 23.4 Å². The van der Waals surface area contributed by atoms with Crippen molar-refractivity contribution in [1.82, 2.24) is 5.32 Å². The summed E-state index contributed by atoms with van der Waals surface area (Å²) in [5, 5.41) is 3.82. The standard InChI is InChI=1S/C12H19N3O2S/c1-3-14-12(16)11-9(13)6-10(18-11)15-4-5-17-8(2)7-15/h6,8H,3-5,7,13H2,1-2H3,(H,14,16). The van der Waals surface area contributed by atoms with Crippen molar-refractivity contribution in [1.29, 1.82) is 0 Å². The second-order valence-corrected chi connectivity index (χ2v) is 5.39. The number of carbonyl (C=O) groups excluding carboxylic acids is 1. The van der Waals surface area contributed by atoms with Crippen molar-refractivity contribution >= 4 is 27.9 Å². The number of nitrogens with one attached hydrogen (secondary N) is 1. The largest absolute Gasteiger partial charge is 0.397 e. The topological polar surface area (TPSA) is 67.6 Å². The lowest BCUT2D eigenvalue weighted by atomic mass is 10.3. The molecule has 0 bridgehead atoms. The number of hydrogen-bond donors (Lipinski definition) is 2. The van der Waals surface area contributed by atoms with Gasteiger partial charge in [-0.1, -0.05) is 0 Å². The minimum absolute atomic E-state index is 0.0902. The lowest BCUT2D eigenvalue weighted by Crippen LogP contribution is -2.40. The fourth-order valence-corrected chi connectivity index (χ4v) is 3.02. The highest BCUT2D eigenvalue weighted by atomic mass is 32.1. The third-order valence-corrected chi connectivity index (χ3v) is 4.05. The summed E-state index contributed by atoms with van der Waals surface area (Å²) < 4.78 is 5.51. The van der Waals surface area contributed by atoms with Crippen LogP contribution < -0.4 is 16.0 Å². The van der Waals surface area contributed by atoms with E-state index in [2.05, 4.69) is 10.2 Å². The summed E-state index contributed by atoms with van der Waals surface area (Å²) in [5.74, 6) is -0.0902. The van der Waals surface area contributed by atoms with E-state index in [-0.39, 0.29) is 12.0 Å². The summed E-state index contributed by atoms with van der Waals surface area (Å²) in [6, 6.07) is 1.88. The maximum Gasteiger partial charge on any atom is 0.263 e. The molecule has 0 radical (unpaired) electrons. The van der Waals surface area contributed by atoms with Crippen LogP contribution in [0.15, 0.2) is 6.07 Å². The number of rotatable bonds is 3. The van der Waals surface area contributed by atoms with Crippen LogP contribution >= 0.6 is 11.3 Å². The Morgan fingerprint density at radius 2 is 2.50 bits per heavy atom. The molecule has 0 spiro atoms. The highest BCUT2D eigenvalue weighted by Gasteiger charge is 2.21. The van der Waals surface area contributed by atoms with E-state index in [1.54, 1.807) is 0 Å². The summed E-state index contributed by atoms with van der Waals surface area (Å²) >= 11 is 1.45. The Bertz CT molecular complexity index is 433. The summed E-state index contributed by atoms with van der Waals surface area (Å²) in [4.78, 5) is 14.6. The first-order valence-electron chi connectivity index (χ1n) is 6.16. The molecule has 1 aromatic heterocycles. The smallest absolute Gasteiger partial charge is 0.263 e. The van der Waals surface area contributed by atoms with Gasteiger partial charge in [-0.25, -0.2) is 0 Å². The van der Waals surface area contributed by atoms with E-state index in [1.807, 2.05) is 19.9 Å². The first kappa shape index (κ1) is 13.2. The fraction of sp³-hybridized carbons (Fsp3) is 0.583. The number of amides is 1. The van der Waals surface area contributed by atoms with Gasteiger partial charge in [0.25, 0.3) is 5.91 Å². The number of carbonyl (C=O) groups is 1. The average Bonchev–Trinajstić information content (AvgIpc) is 2.72. The number of hydrogen-bond acceptors (Lipinski definition) is 5. The lowest BCUT2D eigenvalue weighted by molar-refractivity contribution is 0.0534. The molecule has 5 nitrogen and oxygen atoms in total. The molecule has 1 aliphatic heterocycles. The minimum Gasteiger partial charge on any atom is -0.397 e. The van der Waals surface area contributed by atoms with Gasteiger partial charge in [0, 0.05) is 19.6 Å². The lowest BCUT2D eigenvalue weighted by Gasteiger charge is -2.31. The Morgan fingerprint density at radius 3 is 3.17 bits per heavy atom. The summed E-state index contributed by atoms with van der Waals surface area (Å²) in [6.07, 6.45) is 0.218. The molecule has 1 saturated heterocycles. The molecule has 0 saturated carbocycles. The van der Waals surface area contributed by atoms with Crippen molar-refractivity contribution in [2.24, 2.45) is 0 Å². The molecule has 3 N–H and O–H groups in total. The van der Waals surface area contributed by atoms with Gasteiger partial charge in [-0.2, -0.15) is 0 Å². The zero-order valence-corrected chi connectivity index (χ0v) is 11.5. The molecule has 100 valence electrons. The molecular formula is C12H19N3O2S. The number of morpholine rings is 1. The van der Waals surface area contributed by atoms with Crippen LogP contribution in [0.4, 0.5) is 10.7 Å². The third kappa shape index (κ3) is 2.76. The zero-order chi connectivity index (χ0) is 13.1. The van der Waals surface area contributed by atoms with E-state index in [0.29, 0.717) is 17.1 Å². The van der Waals surface area contributed by atoms with Gasteiger partial charge >= 0.3 is 0 Å². The van der Waals surface area contributed by atoms with Crippen molar-refractivity contribution in [3.63, 3.8) is 0 Å². The predicted molar refractivity (Wildman–Crippen MR) is 74.4 cm³/mol. The second-order valence-electron chi connectivity index (χ2n) is 4.36. The van der Waals surface area contributed by atoms with Gasteiger partial charge in [-0.15, -0.1) is 11.3 Å². The number of nitrogens with zero attached hydrogens (tertiary/aromatic N) is 1. The van der Waals surface area contributed by atoms with Crippen LogP contribution in [-0.4, -0.2) is 38.3 Å². The van der Waals surface area contributed by atoms with Crippen molar-refractivity contribution < 1.29 is 9.53 Å². The van der Waals surface area contributed by atoms with E-state index in [0.717, 1.165) is 24.7 Å². The fourth-order valence-electron chi connectivity index (χ4n) is 1.98. The summed E-state index contributed by atoms with van der Waals surface area (Å²) in [7, 11) is 0. The van der Waals surface area contributed by atoms with Crippen LogP contribution in [0.2, 0.25) is 0 Å². The van der Waals surface area contributed by atoms with Crippen LogP contribution in [0, 0.1) is 0 Å². The maximum absolute atomic E-state index is 11.8. The Kier molecular flexibility index (Phi) is 4.08. The van der Waals surface area contributed by atoms with Crippen LogP contribution in [0.25, 0.3) is 0 Å². The van der Waals surface area contributed by atoms with Crippen LogP contribution in [0.1, 0.15) is 23.5 Å². The van der Waals surface area contributed by atoms with E-state index < -0.39 is 0 Å².